The highest BCUT2D eigenvalue weighted by Crippen LogP contribution is 1.95. The average Bonchev–Trinajstić information content (AvgIpc) is 2.34. The number of hydrogen-bond donors (Lipinski definition) is 1. The second-order valence-corrected chi connectivity index (χ2v) is 2.02. The summed E-state index contributed by atoms with van der Waals surface area (Å²) >= 11 is 0. The van der Waals surface area contributed by atoms with Crippen LogP contribution in [-0.4, -0.2) is 21.9 Å². The molecule has 11 heavy (non-hydrogen) atoms. The fraction of sp³-hybridized carbons (Fsp3) is 0.333. The molecule has 0 spiro atoms. The van der Waals surface area contributed by atoms with Gasteiger partial charge in [-0.3, -0.25) is 4.79 Å². The lowest BCUT2D eigenvalue weighted by molar-refractivity contribution is 0.0993. The van der Waals surface area contributed by atoms with Crippen LogP contribution in [0.4, 0.5) is 0 Å². The number of aromatic nitrogens is 2. The molecule has 0 amide bonds. The summed E-state index contributed by atoms with van der Waals surface area (Å²) in [6, 6.07) is 0. The zero-order chi connectivity index (χ0) is 7.56. The number of aryl methyl sites for hydroxylation is 1. The van der Waals surface area contributed by atoms with Gasteiger partial charge in [0.1, 0.15) is 5.69 Å². The van der Waals surface area contributed by atoms with Gasteiger partial charge in [0, 0.05) is 7.05 Å². The van der Waals surface area contributed by atoms with Crippen molar-refractivity contribution in [1.82, 2.24) is 9.55 Å². The Kier molecular flexibility index (Phi) is 3.78. The number of hydrogen-bond acceptors (Lipinski definition) is 3. The predicted octanol–water partition coefficient (Wildman–Crippen LogP) is -0.0167. The summed E-state index contributed by atoms with van der Waals surface area (Å²) in [5.74, 6) is -0.0833. The van der Waals surface area contributed by atoms with Crippen LogP contribution in [0.2, 0.25) is 0 Å². The largest absolute Gasteiger partial charge is 0.331 e. The van der Waals surface area contributed by atoms with Gasteiger partial charge in [-0.15, -0.1) is 12.4 Å². The Morgan fingerprint density at radius 3 is 2.82 bits per heavy atom. The molecule has 1 aromatic heterocycles. The number of nitrogens with two attached hydrogens (primary N) is 1. The van der Waals surface area contributed by atoms with Crippen molar-refractivity contribution < 1.29 is 4.79 Å². The van der Waals surface area contributed by atoms with Gasteiger partial charge < -0.3 is 10.3 Å². The maximum Gasteiger partial charge on any atom is 0.194 e. The van der Waals surface area contributed by atoms with Gasteiger partial charge in [0.15, 0.2) is 5.78 Å². The van der Waals surface area contributed by atoms with E-state index in [1.165, 1.54) is 6.20 Å². The Morgan fingerprint density at radius 1 is 1.82 bits per heavy atom. The van der Waals surface area contributed by atoms with Gasteiger partial charge in [0.25, 0.3) is 0 Å². The molecule has 0 atom stereocenters. The van der Waals surface area contributed by atoms with E-state index in [0.29, 0.717) is 5.69 Å². The normalized spacial score (nSPS) is 8.91. The van der Waals surface area contributed by atoms with Crippen LogP contribution in [0.25, 0.3) is 0 Å². The average molecular weight is 176 g/mol. The highest BCUT2D eigenvalue weighted by Gasteiger charge is 2.05. The minimum absolute atomic E-state index is 0. The summed E-state index contributed by atoms with van der Waals surface area (Å²) in [5, 5.41) is 0. The minimum atomic E-state index is -0.0833. The van der Waals surface area contributed by atoms with Gasteiger partial charge in [0.2, 0.25) is 0 Å². The summed E-state index contributed by atoms with van der Waals surface area (Å²) in [5.41, 5.74) is 5.70. The zero-order valence-corrected chi connectivity index (χ0v) is 6.97. The van der Waals surface area contributed by atoms with Gasteiger partial charge in [-0.05, 0) is 0 Å². The Labute approximate surface area is 70.8 Å². The van der Waals surface area contributed by atoms with Crippen LogP contribution >= 0.6 is 12.4 Å². The summed E-state index contributed by atoms with van der Waals surface area (Å²) < 4.78 is 1.65. The van der Waals surface area contributed by atoms with E-state index < -0.39 is 0 Å². The zero-order valence-electron chi connectivity index (χ0n) is 6.15. The SMILES string of the molecule is Cl.Cn1cncc1C(=O)CN. The molecule has 1 rings (SSSR count). The summed E-state index contributed by atoms with van der Waals surface area (Å²) in [4.78, 5) is 14.7. The number of carbonyl (C=O) groups is 1. The number of imidazole rings is 1. The van der Waals surface area contributed by atoms with Crippen molar-refractivity contribution in [2.45, 2.75) is 0 Å². The Bertz CT molecular complexity index is 246. The third-order valence-corrected chi connectivity index (χ3v) is 1.29. The van der Waals surface area contributed by atoms with Crippen molar-refractivity contribution in [1.29, 1.82) is 0 Å². The van der Waals surface area contributed by atoms with E-state index in [-0.39, 0.29) is 24.7 Å². The van der Waals surface area contributed by atoms with Crippen molar-refractivity contribution in [2.24, 2.45) is 12.8 Å². The molecule has 0 radical (unpaired) electrons. The molecular weight excluding hydrogens is 166 g/mol. The first-order valence-corrected chi connectivity index (χ1v) is 2.95. The van der Waals surface area contributed by atoms with Crippen LogP contribution in [0, 0.1) is 0 Å². The molecular formula is C6H10ClN3O. The van der Waals surface area contributed by atoms with E-state index in [4.69, 9.17) is 5.73 Å². The molecule has 0 bridgehead atoms. The van der Waals surface area contributed by atoms with Crippen LogP contribution in [0.15, 0.2) is 12.5 Å². The molecule has 62 valence electrons. The fourth-order valence-corrected chi connectivity index (χ4v) is 0.730. The maximum atomic E-state index is 10.9. The first-order chi connectivity index (χ1) is 4.75. The highest BCUT2D eigenvalue weighted by atomic mass is 35.5. The number of halogens is 1. The van der Waals surface area contributed by atoms with Crippen molar-refractivity contribution in [3.8, 4) is 0 Å². The standard InChI is InChI=1S/C6H9N3O.ClH/c1-9-4-8-3-5(9)6(10)2-7;/h3-4H,2,7H2,1H3;1H. The molecule has 2 N–H and O–H groups in total. The summed E-state index contributed by atoms with van der Waals surface area (Å²) in [7, 11) is 1.76. The molecule has 0 aromatic carbocycles. The topological polar surface area (TPSA) is 60.9 Å². The molecule has 0 unspecified atom stereocenters. The van der Waals surface area contributed by atoms with Crippen LogP contribution in [0.1, 0.15) is 10.5 Å². The lowest BCUT2D eigenvalue weighted by Gasteiger charge is -1.95. The Balaban J connectivity index is 0.000001000. The molecule has 0 aliphatic carbocycles. The Morgan fingerprint density at radius 2 is 2.45 bits per heavy atom. The van der Waals surface area contributed by atoms with E-state index in [9.17, 15) is 4.79 Å². The minimum Gasteiger partial charge on any atom is -0.331 e. The lowest BCUT2D eigenvalue weighted by Crippen LogP contribution is -2.16. The van der Waals surface area contributed by atoms with E-state index in [1.807, 2.05) is 0 Å². The van der Waals surface area contributed by atoms with Gasteiger partial charge in [-0.2, -0.15) is 0 Å². The summed E-state index contributed by atoms with van der Waals surface area (Å²) in [6.07, 6.45) is 3.08. The van der Waals surface area contributed by atoms with Crippen molar-refractivity contribution in [2.75, 3.05) is 6.54 Å². The number of nitrogens with zero attached hydrogens (tertiary/aromatic N) is 2. The van der Waals surface area contributed by atoms with Gasteiger partial charge in [0.05, 0.1) is 19.1 Å². The van der Waals surface area contributed by atoms with Crippen LogP contribution < -0.4 is 5.73 Å². The lowest BCUT2D eigenvalue weighted by atomic mass is 10.3. The molecule has 0 saturated heterocycles. The first-order valence-electron chi connectivity index (χ1n) is 2.95. The second-order valence-electron chi connectivity index (χ2n) is 2.02. The third kappa shape index (κ3) is 2.03. The van der Waals surface area contributed by atoms with Crippen molar-refractivity contribution in [3.63, 3.8) is 0 Å². The first kappa shape index (κ1) is 10.1. The molecule has 0 aliphatic rings. The van der Waals surface area contributed by atoms with Crippen molar-refractivity contribution in [3.05, 3.63) is 18.2 Å². The van der Waals surface area contributed by atoms with E-state index in [2.05, 4.69) is 4.98 Å². The fourth-order valence-electron chi connectivity index (χ4n) is 0.730. The molecule has 5 heteroatoms. The van der Waals surface area contributed by atoms with Crippen LogP contribution in [0.3, 0.4) is 0 Å². The summed E-state index contributed by atoms with van der Waals surface area (Å²) in [6.45, 7) is 0.0412. The quantitative estimate of drug-likeness (QED) is 0.643. The molecule has 4 nitrogen and oxygen atoms in total. The second kappa shape index (κ2) is 4.10. The van der Waals surface area contributed by atoms with Gasteiger partial charge >= 0.3 is 0 Å². The third-order valence-electron chi connectivity index (χ3n) is 1.29. The highest BCUT2D eigenvalue weighted by molar-refractivity contribution is 5.95. The van der Waals surface area contributed by atoms with Gasteiger partial charge in [-0.25, -0.2) is 4.98 Å². The predicted molar refractivity (Wildman–Crippen MR) is 43.8 cm³/mol. The number of carbonyl (C=O) groups excluding carboxylic acids is 1. The van der Waals surface area contributed by atoms with Crippen LogP contribution in [0.5, 0.6) is 0 Å². The molecule has 0 saturated carbocycles. The maximum absolute atomic E-state index is 10.9. The molecule has 0 fully saturated rings. The molecule has 1 heterocycles. The van der Waals surface area contributed by atoms with Crippen molar-refractivity contribution >= 4 is 18.2 Å². The number of Topliss-reactive ketones (excluding diaryl/α,β-unsaturated/α-hetero) is 1. The number of rotatable bonds is 2. The molecule has 0 aliphatic heterocycles. The van der Waals surface area contributed by atoms with E-state index >= 15 is 0 Å². The monoisotopic (exact) mass is 175 g/mol. The van der Waals surface area contributed by atoms with E-state index in [0.717, 1.165) is 0 Å². The Hall–Kier alpha value is -0.870. The van der Waals surface area contributed by atoms with Gasteiger partial charge in [-0.1, -0.05) is 0 Å². The van der Waals surface area contributed by atoms with E-state index in [1.54, 1.807) is 17.9 Å². The smallest absolute Gasteiger partial charge is 0.194 e. The van der Waals surface area contributed by atoms with Crippen LogP contribution in [-0.2, 0) is 7.05 Å². The molecule has 1 aromatic rings. The number of ketones is 1.